The van der Waals surface area contributed by atoms with E-state index in [9.17, 15) is 18.0 Å². The van der Waals surface area contributed by atoms with E-state index < -0.39 is 10.0 Å². The third kappa shape index (κ3) is 5.01. The van der Waals surface area contributed by atoms with Gasteiger partial charge in [-0.25, -0.2) is 8.42 Å². The van der Waals surface area contributed by atoms with Crippen LogP contribution in [-0.2, 0) is 19.6 Å². The molecule has 0 unspecified atom stereocenters. The normalized spacial score (nSPS) is 15.4. The second-order valence-corrected chi connectivity index (χ2v) is 8.88. The van der Waals surface area contributed by atoms with E-state index in [1.165, 1.54) is 27.8 Å². The number of nitrogens with one attached hydrogen (secondary N) is 1. The van der Waals surface area contributed by atoms with Crippen molar-refractivity contribution < 1.29 is 22.7 Å². The largest absolute Gasteiger partial charge is 0.379 e. The Kier molecular flexibility index (Phi) is 6.38. The Morgan fingerprint density at radius 1 is 1.11 bits per heavy atom. The van der Waals surface area contributed by atoms with Gasteiger partial charge >= 0.3 is 0 Å². The van der Waals surface area contributed by atoms with Crippen LogP contribution in [0.2, 0.25) is 0 Å². The number of carbonyl (C=O) groups is 2. The lowest BCUT2D eigenvalue weighted by Crippen LogP contribution is -2.40. The Hall–Kier alpha value is -2.07. The first-order valence-corrected chi connectivity index (χ1v) is 10.8. The zero-order chi connectivity index (χ0) is 19.3. The highest BCUT2D eigenvalue weighted by Crippen LogP contribution is 2.21. The number of ether oxygens (including phenoxy) is 1. The van der Waals surface area contributed by atoms with Crippen molar-refractivity contribution in [1.82, 2.24) is 4.31 Å². The van der Waals surface area contributed by atoms with Crippen LogP contribution in [0, 0.1) is 0 Å². The second-order valence-electron chi connectivity index (χ2n) is 5.99. The maximum Gasteiger partial charge on any atom is 0.243 e. The first-order chi connectivity index (χ1) is 13.0. The number of hydrogen-bond donors (Lipinski definition) is 1. The van der Waals surface area contributed by atoms with Crippen LogP contribution in [0.4, 0.5) is 5.69 Å². The third-order valence-corrected chi connectivity index (χ3v) is 6.91. The number of nitrogens with zero attached hydrogens (tertiary/aromatic N) is 1. The van der Waals surface area contributed by atoms with Gasteiger partial charge in [-0.3, -0.25) is 9.59 Å². The molecule has 0 saturated carbocycles. The lowest BCUT2D eigenvalue weighted by Gasteiger charge is -2.26. The van der Waals surface area contributed by atoms with Crippen LogP contribution in [0.1, 0.15) is 22.5 Å². The summed E-state index contributed by atoms with van der Waals surface area (Å²) in [5.41, 5.74) is 0.387. The molecule has 0 atom stereocenters. The highest BCUT2D eigenvalue weighted by Gasteiger charge is 2.26. The molecule has 1 amide bonds. The molecule has 144 valence electrons. The minimum atomic E-state index is -3.63. The molecule has 1 aliphatic rings. The number of thiophene rings is 1. The standard InChI is InChI=1S/C18H20N2O5S2/c21-16(17-5-2-12-26-17)6-7-18(22)19-14-3-1-4-15(13-14)27(23,24)20-8-10-25-11-9-20/h1-5,12-13H,6-11H2,(H,19,22). The minimum Gasteiger partial charge on any atom is -0.379 e. The average Bonchev–Trinajstić information content (AvgIpc) is 3.22. The maximum atomic E-state index is 12.7. The number of benzene rings is 1. The van der Waals surface area contributed by atoms with Gasteiger partial charge in [0.15, 0.2) is 5.78 Å². The predicted molar refractivity (Wildman–Crippen MR) is 103 cm³/mol. The molecule has 1 saturated heterocycles. The predicted octanol–water partition coefficient (Wildman–Crippen LogP) is 2.37. The Balaban J connectivity index is 1.61. The van der Waals surface area contributed by atoms with E-state index >= 15 is 0 Å². The molecule has 2 heterocycles. The van der Waals surface area contributed by atoms with Gasteiger partial charge in [0.2, 0.25) is 15.9 Å². The van der Waals surface area contributed by atoms with Gasteiger partial charge in [-0.05, 0) is 29.6 Å². The number of morpholine rings is 1. The Morgan fingerprint density at radius 2 is 1.89 bits per heavy atom. The molecule has 1 N–H and O–H groups in total. The zero-order valence-corrected chi connectivity index (χ0v) is 16.2. The van der Waals surface area contributed by atoms with Crippen LogP contribution in [0.3, 0.4) is 0 Å². The molecule has 1 aromatic carbocycles. The zero-order valence-electron chi connectivity index (χ0n) is 14.6. The van der Waals surface area contributed by atoms with E-state index in [2.05, 4.69) is 5.32 Å². The van der Waals surface area contributed by atoms with Crippen molar-refractivity contribution in [2.45, 2.75) is 17.7 Å². The lowest BCUT2D eigenvalue weighted by atomic mass is 10.2. The summed E-state index contributed by atoms with van der Waals surface area (Å²) in [4.78, 5) is 24.8. The van der Waals surface area contributed by atoms with Crippen molar-refractivity contribution in [2.24, 2.45) is 0 Å². The van der Waals surface area contributed by atoms with Crippen molar-refractivity contribution in [2.75, 3.05) is 31.6 Å². The van der Waals surface area contributed by atoms with Gasteiger partial charge < -0.3 is 10.1 Å². The quantitative estimate of drug-likeness (QED) is 0.710. The number of anilines is 1. The number of ketones is 1. The van der Waals surface area contributed by atoms with Crippen LogP contribution < -0.4 is 5.32 Å². The molecule has 7 nitrogen and oxygen atoms in total. The molecule has 1 aromatic heterocycles. The molecule has 2 aromatic rings. The van der Waals surface area contributed by atoms with E-state index in [0.29, 0.717) is 36.9 Å². The summed E-state index contributed by atoms with van der Waals surface area (Å²) in [5, 5.41) is 4.48. The molecule has 1 aliphatic heterocycles. The van der Waals surface area contributed by atoms with Crippen LogP contribution in [0.15, 0.2) is 46.7 Å². The molecule has 27 heavy (non-hydrogen) atoms. The highest BCUT2D eigenvalue weighted by atomic mass is 32.2. The fraction of sp³-hybridized carbons (Fsp3) is 0.333. The number of sulfonamides is 1. The first kappa shape index (κ1) is 19.7. The molecule has 0 spiro atoms. The van der Waals surface area contributed by atoms with Gasteiger partial charge in [0, 0.05) is 31.6 Å². The van der Waals surface area contributed by atoms with Gasteiger partial charge in [0.25, 0.3) is 0 Å². The number of rotatable bonds is 7. The van der Waals surface area contributed by atoms with Crippen LogP contribution in [0.25, 0.3) is 0 Å². The highest BCUT2D eigenvalue weighted by molar-refractivity contribution is 7.89. The van der Waals surface area contributed by atoms with Crippen molar-refractivity contribution in [3.05, 3.63) is 46.7 Å². The summed E-state index contributed by atoms with van der Waals surface area (Å²) in [6.07, 6.45) is 0.148. The fourth-order valence-corrected chi connectivity index (χ4v) is 4.83. The number of hydrogen-bond acceptors (Lipinski definition) is 6. The average molecular weight is 409 g/mol. The minimum absolute atomic E-state index is 0.0389. The summed E-state index contributed by atoms with van der Waals surface area (Å²) < 4.78 is 31.9. The van der Waals surface area contributed by atoms with Gasteiger partial charge in [-0.2, -0.15) is 4.31 Å². The third-order valence-electron chi connectivity index (χ3n) is 4.10. The van der Waals surface area contributed by atoms with E-state index in [4.69, 9.17) is 4.74 Å². The van der Waals surface area contributed by atoms with E-state index in [0.717, 1.165) is 0 Å². The van der Waals surface area contributed by atoms with Crippen molar-refractivity contribution in [3.8, 4) is 0 Å². The topological polar surface area (TPSA) is 92.8 Å². The molecule has 9 heteroatoms. The maximum absolute atomic E-state index is 12.7. The summed E-state index contributed by atoms with van der Waals surface area (Å²) in [6.45, 7) is 1.36. The van der Waals surface area contributed by atoms with Crippen molar-refractivity contribution in [3.63, 3.8) is 0 Å². The molecule has 1 fully saturated rings. The molecule has 0 aliphatic carbocycles. The van der Waals surface area contributed by atoms with Crippen molar-refractivity contribution in [1.29, 1.82) is 0 Å². The fourth-order valence-electron chi connectivity index (χ4n) is 2.68. The van der Waals surface area contributed by atoms with Crippen LogP contribution >= 0.6 is 11.3 Å². The Morgan fingerprint density at radius 3 is 2.59 bits per heavy atom. The Labute approximate surface area is 162 Å². The van der Waals surface area contributed by atoms with Crippen LogP contribution in [0.5, 0.6) is 0 Å². The molecule has 3 rings (SSSR count). The molecule has 0 bridgehead atoms. The summed E-state index contributed by atoms with van der Waals surface area (Å²) >= 11 is 1.34. The van der Waals surface area contributed by atoms with Crippen LogP contribution in [-0.4, -0.2) is 50.7 Å². The van der Waals surface area contributed by atoms with Gasteiger partial charge in [-0.1, -0.05) is 12.1 Å². The van der Waals surface area contributed by atoms with Gasteiger partial charge in [0.1, 0.15) is 0 Å². The molecule has 0 radical (unpaired) electrons. The Bertz CT molecular complexity index is 904. The second kappa shape index (κ2) is 8.75. The summed E-state index contributed by atoms with van der Waals surface area (Å²) in [6, 6.07) is 9.66. The first-order valence-electron chi connectivity index (χ1n) is 8.51. The van der Waals surface area contributed by atoms with E-state index in [-0.39, 0.29) is 29.4 Å². The summed E-state index contributed by atoms with van der Waals surface area (Å²) in [7, 11) is -3.63. The van der Waals surface area contributed by atoms with Gasteiger partial charge in [0.05, 0.1) is 23.0 Å². The molecular formula is C18H20N2O5S2. The SMILES string of the molecule is O=C(CCC(=O)c1cccs1)Nc1cccc(S(=O)(=O)N2CCOCC2)c1. The molecular weight excluding hydrogens is 388 g/mol. The number of amides is 1. The smallest absolute Gasteiger partial charge is 0.243 e. The van der Waals surface area contributed by atoms with Crippen molar-refractivity contribution >= 4 is 38.7 Å². The lowest BCUT2D eigenvalue weighted by molar-refractivity contribution is -0.116. The van der Waals surface area contributed by atoms with E-state index in [1.54, 1.807) is 24.3 Å². The summed E-state index contributed by atoms with van der Waals surface area (Å²) in [5.74, 6) is -0.412. The number of Topliss-reactive ketones (excluding diaryl/α,β-unsaturated/α-hetero) is 1. The number of carbonyl (C=O) groups excluding carboxylic acids is 2. The monoisotopic (exact) mass is 408 g/mol. The van der Waals surface area contributed by atoms with Gasteiger partial charge in [-0.15, -0.1) is 11.3 Å². The van der Waals surface area contributed by atoms with E-state index in [1.807, 2.05) is 5.38 Å².